The van der Waals surface area contributed by atoms with Crippen LogP contribution in [0.15, 0.2) is 131 Å². The highest BCUT2D eigenvalue weighted by Crippen LogP contribution is 2.16. The first-order valence-electron chi connectivity index (χ1n) is 19.9. The van der Waals surface area contributed by atoms with Crippen molar-refractivity contribution in [2.24, 2.45) is 0 Å². The van der Waals surface area contributed by atoms with Crippen molar-refractivity contribution < 1.29 is 9.47 Å². The first-order chi connectivity index (χ1) is 27.3. The summed E-state index contributed by atoms with van der Waals surface area (Å²) in [6.45, 7) is 25.0. The van der Waals surface area contributed by atoms with E-state index in [4.69, 9.17) is 9.47 Å². The molecule has 4 aromatic carbocycles. The Labute approximate surface area is 335 Å². The average molecular weight is 761 g/mol. The summed E-state index contributed by atoms with van der Waals surface area (Å²) < 4.78 is 14.9. The number of aryl methyl sites for hydroxylation is 2. The Morgan fingerprint density at radius 2 is 0.661 bits per heavy atom. The molecule has 0 aliphatic rings. The molecule has 0 atom stereocenters. The maximum atomic E-state index is 12.7. The maximum Gasteiger partial charge on any atom is 0.260 e. The van der Waals surface area contributed by atoms with Crippen molar-refractivity contribution in [3.05, 3.63) is 187 Å². The van der Waals surface area contributed by atoms with Gasteiger partial charge >= 0.3 is 0 Å². The maximum absolute atomic E-state index is 12.7. The second kappa shape index (κ2) is 27.8. The van der Waals surface area contributed by atoms with Gasteiger partial charge in [0.2, 0.25) is 11.8 Å². The van der Waals surface area contributed by atoms with E-state index in [0.717, 1.165) is 22.3 Å². The van der Waals surface area contributed by atoms with Gasteiger partial charge in [-0.15, -0.1) is 0 Å². The van der Waals surface area contributed by atoms with Gasteiger partial charge in [0.15, 0.2) is 0 Å². The van der Waals surface area contributed by atoms with Crippen molar-refractivity contribution in [3.8, 4) is 11.8 Å². The van der Waals surface area contributed by atoms with Crippen LogP contribution in [-0.4, -0.2) is 19.1 Å². The zero-order valence-corrected chi connectivity index (χ0v) is 35.8. The number of rotatable bonds is 10. The summed E-state index contributed by atoms with van der Waals surface area (Å²) in [6, 6.07) is 39.5. The van der Waals surface area contributed by atoms with Crippen LogP contribution in [0.2, 0.25) is 0 Å². The number of nitrogens with zero attached hydrogens (tertiary/aromatic N) is 4. The van der Waals surface area contributed by atoms with Gasteiger partial charge in [-0.25, -0.2) is 0 Å². The average Bonchev–Trinajstić information content (AvgIpc) is 3.27. The molecule has 0 aliphatic heterocycles. The number of aromatic nitrogens is 4. The lowest BCUT2D eigenvalue weighted by Crippen LogP contribution is -2.27. The Hall–Kier alpha value is -5.76. The predicted octanol–water partition coefficient (Wildman–Crippen LogP) is 11.1. The molecule has 0 saturated carbocycles. The van der Waals surface area contributed by atoms with E-state index in [-0.39, 0.29) is 11.1 Å². The van der Waals surface area contributed by atoms with Crippen molar-refractivity contribution in [1.82, 2.24) is 19.1 Å². The molecule has 0 spiro atoms. The van der Waals surface area contributed by atoms with Gasteiger partial charge in [0.1, 0.15) is 24.9 Å². The van der Waals surface area contributed by atoms with E-state index in [9.17, 15) is 9.59 Å². The van der Waals surface area contributed by atoms with Crippen LogP contribution in [0.25, 0.3) is 0 Å². The SMILES string of the molecule is CC.CC.CC.CC.Cc1c(OCc2ccccc2)nc(C)n(Cc2ccccc2)c1=O.Cc1c(OCc2ccccc2)nc(C)n(Cc2ccccc2)c1=O. The third-order valence-corrected chi connectivity index (χ3v) is 7.89. The summed E-state index contributed by atoms with van der Waals surface area (Å²) in [5, 5.41) is 0. The first kappa shape index (κ1) is 48.3. The number of hydrogen-bond acceptors (Lipinski definition) is 6. The van der Waals surface area contributed by atoms with Crippen LogP contribution < -0.4 is 20.6 Å². The minimum absolute atomic E-state index is 0.0607. The highest BCUT2D eigenvalue weighted by molar-refractivity contribution is 5.27. The van der Waals surface area contributed by atoms with E-state index < -0.39 is 0 Å². The van der Waals surface area contributed by atoms with Gasteiger partial charge in [-0.1, -0.05) is 177 Å². The Morgan fingerprint density at radius 1 is 0.411 bits per heavy atom. The number of ether oxygens (including phenoxy) is 2. The number of hydrogen-bond donors (Lipinski definition) is 0. The zero-order chi connectivity index (χ0) is 41.9. The molecule has 0 bridgehead atoms. The van der Waals surface area contributed by atoms with Gasteiger partial charge in [0.25, 0.3) is 11.1 Å². The molecule has 0 radical (unpaired) electrons. The van der Waals surface area contributed by atoms with Crippen LogP contribution in [0, 0.1) is 27.7 Å². The van der Waals surface area contributed by atoms with E-state index >= 15 is 0 Å². The minimum atomic E-state index is -0.0607. The van der Waals surface area contributed by atoms with E-state index in [1.165, 1.54) is 0 Å². The lowest BCUT2D eigenvalue weighted by atomic mass is 10.2. The molecule has 6 aromatic rings. The van der Waals surface area contributed by atoms with E-state index in [1.807, 2.05) is 191 Å². The van der Waals surface area contributed by atoms with Crippen molar-refractivity contribution in [3.63, 3.8) is 0 Å². The van der Waals surface area contributed by atoms with Gasteiger partial charge in [-0.3, -0.25) is 18.7 Å². The van der Waals surface area contributed by atoms with Gasteiger partial charge in [-0.2, -0.15) is 9.97 Å². The second-order valence-electron chi connectivity index (χ2n) is 11.5. The summed E-state index contributed by atoms with van der Waals surface area (Å²) in [4.78, 5) is 34.3. The molecule has 0 aliphatic carbocycles. The Bertz CT molecular complexity index is 1900. The molecule has 0 amide bonds. The van der Waals surface area contributed by atoms with Crippen molar-refractivity contribution in [2.45, 2.75) is 109 Å². The molecule has 300 valence electrons. The Balaban J connectivity index is 0.000000476. The molecule has 56 heavy (non-hydrogen) atoms. The quantitative estimate of drug-likeness (QED) is 0.138. The third-order valence-electron chi connectivity index (χ3n) is 7.89. The van der Waals surface area contributed by atoms with Crippen molar-refractivity contribution in [1.29, 1.82) is 0 Å². The normalized spacial score (nSPS) is 9.50. The highest BCUT2D eigenvalue weighted by Gasteiger charge is 2.14. The molecular formula is C48H64N4O4. The third kappa shape index (κ3) is 15.2. The predicted molar refractivity (Wildman–Crippen MR) is 234 cm³/mol. The molecule has 0 fully saturated rings. The van der Waals surface area contributed by atoms with E-state index in [0.29, 0.717) is 60.8 Å². The van der Waals surface area contributed by atoms with Crippen LogP contribution in [0.3, 0.4) is 0 Å². The summed E-state index contributed by atoms with van der Waals surface area (Å²) in [7, 11) is 0. The fourth-order valence-corrected chi connectivity index (χ4v) is 5.10. The van der Waals surface area contributed by atoms with E-state index in [2.05, 4.69) is 9.97 Å². The van der Waals surface area contributed by atoms with Gasteiger partial charge < -0.3 is 9.47 Å². The van der Waals surface area contributed by atoms with E-state index in [1.54, 1.807) is 23.0 Å². The minimum Gasteiger partial charge on any atom is -0.472 e. The summed E-state index contributed by atoms with van der Waals surface area (Å²) in [5.41, 5.74) is 5.18. The smallest absolute Gasteiger partial charge is 0.260 e. The fourth-order valence-electron chi connectivity index (χ4n) is 5.10. The standard InChI is InChI=1S/2C20H20N2O2.4C2H6/c2*1-15-19(24-14-18-11-7-4-8-12-18)21-16(2)22(20(15)23)13-17-9-5-3-6-10-17;4*1-2/h2*3-12H,13-14H2,1-2H3;4*1-2H3. The fraction of sp³-hybridized carbons (Fsp3) is 0.333. The summed E-state index contributed by atoms with van der Waals surface area (Å²) in [6.07, 6.45) is 0. The zero-order valence-electron chi connectivity index (χ0n) is 35.8. The monoisotopic (exact) mass is 760 g/mol. The molecule has 6 rings (SSSR count). The summed E-state index contributed by atoms with van der Waals surface area (Å²) >= 11 is 0. The van der Waals surface area contributed by atoms with Crippen LogP contribution in [-0.2, 0) is 26.3 Å². The molecule has 0 unspecified atom stereocenters. The topological polar surface area (TPSA) is 88.2 Å². The van der Waals surface area contributed by atoms with Crippen LogP contribution in [0.1, 0.15) is 100 Å². The molecule has 0 N–H and O–H groups in total. The summed E-state index contributed by atoms with van der Waals surface area (Å²) in [5.74, 6) is 2.12. The lowest BCUT2D eigenvalue weighted by Gasteiger charge is -2.14. The van der Waals surface area contributed by atoms with Crippen LogP contribution in [0.4, 0.5) is 0 Å². The van der Waals surface area contributed by atoms with Gasteiger partial charge in [-0.05, 0) is 49.9 Å². The molecule has 0 saturated heterocycles. The van der Waals surface area contributed by atoms with Crippen molar-refractivity contribution >= 4 is 0 Å². The lowest BCUT2D eigenvalue weighted by molar-refractivity contribution is 0.288. The van der Waals surface area contributed by atoms with Gasteiger partial charge in [0.05, 0.1) is 24.2 Å². The molecule has 2 heterocycles. The first-order valence-corrected chi connectivity index (χ1v) is 19.9. The molecule has 8 heteroatoms. The number of benzene rings is 4. The Morgan fingerprint density at radius 3 is 0.929 bits per heavy atom. The second-order valence-corrected chi connectivity index (χ2v) is 11.5. The molecule has 2 aromatic heterocycles. The largest absolute Gasteiger partial charge is 0.472 e. The van der Waals surface area contributed by atoms with Crippen molar-refractivity contribution in [2.75, 3.05) is 0 Å². The van der Waals surface area contributed by atoms with Crippen LogP contribution >= 0.6 is 0 Å². The molecular weight excluding hydrogens is 697 g/mol. The Kier molecular flexibility index (Phi) is 23.9. The molecule has 8 nitrogen and oxygen atoms in total. The highest BCUT2D eigenvalue weighted by atomic mass is 16.5. The van der Waals surface area contributed by atoms with Gasteiger partial charge in [0, 0.05) is 0 Å². The van der Waals surface area contributed by atoms with Crippen LogP contribution in [0.5, 0.6) is 11.8 Å².